The van der Waals surface area contributed by atoms with Gasteiger partial charge in [-0.1, -0.05) is 13.0 Å². The van der Waals surface area contributed by atoms with Crippen molar-refractivity contribution in [3.8, 4) is 0 Å². The number of halogens is 2. The van der Waals surface area contributed by atoms with Gasteiger partial charge in [-0.2, -0.15) is 0 Å². The molecule has 2 rings (SSSR count). The number of nitrogens with zero attached hydrogens (tertiary/aromatic N) is 1. The summed E-state index contributed by atoms with van der Waals surface area (Å²) in [4.78, 5) is 4.06. The average Bonchev–Trinajstić information content (AvgIpc) is 2.84. The monoisotopic (exact) mass is 345 g/mol. The summed E-state index contributed by atoms with van der Waals surface area (Å²) in [7, 11) is -1.36. The van der Waals surface area contributed by atoms with Gasteiger partial charge in [0.05, 0.1) is 11.5 Å². The van der Waals surface area contributed by atoms with Crippen LogP contribution in [0.15, 0.2) is 23.2 Å². The third-order valence-electron chi connectivity index (χ3n) is 3.89. The van der Waals surface area contributed by atoms with Crippen molar-refractivity contribution in [3.63, 3.8) is 0 Å². The number of guanidine groups is 1. The van der Waals surface area contributed by atoms with Crippen LogP contribution in [0.1, 0.15) is 24.8 Å². The smallest absolute Gasteiger partial charge is 0.191 e. The Labute approximate surface area is 135 Å². The molecule has 1 aromatic carbocycles. The lowest BCUT2D eigenvalue weighted by Crippen LogP contribution is -2.44. The summed E-state index contributed by atoms with van der Waals surface area (Å²) in [5.74, 6) is -1.00. The number of rotatable bonds is 4. The van der Waals surface area contributed by atoms with Crippen LogP contribution in [0.3, 0.4) is 0 Å². The van der Waals surface area contributed by atoms with Crippen LogP contribution in [0.25, 0.3) is 0 Å². The second-order valence-electron chi connectivity index (χ2n) is 5.77. The summed E-state index contributed by atoms with van der Waals surface area (Å²) in [6, 6.07) is 3.69. The molecule has 0 bridgehead atoms. The summed E-state index contributed by atoms with van der Waals surface area (Å²) < 4.78 is 49.1. The fraction of sp³-hybridized carbons (Fsp3) is 0.533. The van der Waals surface area contributed by atoms with E-state index in [2.05, 4.69) is 15.6 Å². The fourth-order valence-corrected chi connectivity index (χ4v) is 4.16. The number of aliphatic imine (C=N–C) groups is 1. The number of benzene rings is 1. The number of sulfone groups is 1. The van der Waals surface area contributed by atoms with Gasteiger partial charge in [-0.25, -0.2) is 17.2 Å². The molecule has 0 spiro atoms. The van der Waals surface area contributed by atoms with E-state index in [0.717, 1.165) is 6.07 Å². The second-order valence-corrected chi connectivity index (χ2v) is 8.00. The van der Waals surface area contributed by atoms with Gasteiger partial charge in [-0.3, -0.25) is 4.99 Å². The summed E-state index contributed by atoms with van der Waals surface area (Å²) >= 11 is 0. The van der Waals surface area contributed by atoms with Crippen LogP contribution in [0.2, 0.25) is 0 Å². The number of hydrogen-bond donors (Lipinski definition) is 2. The van der Waals surface area contributed by atoms with Gasteiger partial charge in [0, 0.05) is 19.6 Å². The molecule has 0 aromatic heterocycles. The molecule has 8 heteroatoms. The van der Waals surface area contributed by atoms with Gasteiger partial charge in [0.25, 0.3) is 0 Å². The summed E-state index contributed by atoms with van der Waals surface area (Å²) in [5, 5.41) is 6.16. The molecule has 0 aliphatic carbocycles. The van der Waals surface area contributed by atoms with Crippen molar-refractivity contribution in [1.82, 2.24) is 10.6 Å². The van der Waals surface area contributed by atoms with Crippen LogP contribution in [-0.2, 0) is 9.84 Å². The molecule has 0 saturated carbocycles. The van der Waals surface area contributed by atoms with E-state index in [1.165, 1.54) is 6.07 Å². The maximum Gasteiger partial charge on any atom is 0.191 e. The summed E-state index contributed by atoms with van der Waals surface area (Å²) in [5.41, 5.74) is 0.676. The molecule has 1 heterocycles. The standard InChI is InChI=1S/C15H21F2N3O2S/c1-10(11-3-4-13(16)14(17)7-11)8-19-15(18-2)20-12-5-6-23(21,22)9-12/h3-4,7,10,12H,5-6,8-9H2,1-2H3,(H2,18,19,20). The molecule has 2 unspecified atom stereocenters. The largest absolute Gasteiger partial charge is 0.356 e. The van der Waals surface area contributed by atoms with Crippen LogP contribution >= 0.6 is 0 Å². The van der Waals surface area contributed by atoms with E-state index in [-0.39, 0.29) is 23.5 Å². The minimum atomic E-state index is -2.95. The molecule has 0 radical (unpaired) electrons. The molecule has 23 heavy (non-hydrogen) atoms. The molecular formula is C15H21F2N3O2S. The Balaban J connectivity index is 1.89. The van der Waals surface area contributed by atoms with E-state index >= 15 is 0 Å². The number of hydrogen-bond acceptors (Lipinski definition) is 3. The molecule has 1 aromatic rings. The zero-order valence-corrected chi connectivity index (χ0v) is 14.0. The highest BCUT2D eigenvalue weighted by Crippen LogP contribution is 2.17. The van der Waals surface area contributed by atoms with Gasteiger partial charge in [0.1, 0.15) is 0 Å². The van der Waals surface area contributed by atoms with Crippen molar-refractivity contribution >= 4 is 15.8 Å². The highest BCUT2D eigenvalue weighted by atomic mass is 32.2. The van der Waals surface area contributed by atoms with E-state index in [1.807, 2.05) is 6.92 Å². The molecule has 1 aliphatic rings. The minimum Gasteiger partial charge on any atom is -0.356 e. The topological polar surface area (TPSA) is 70.6 Å². The van der Waals surface area contributed by atoms with Crippen LogP contribution in [0, 0.1) is 11.6 Å². The van der Waals surface area contributed by atoms with Crippen molar-refractivity contribution in [2.45, 2.75) is 25.3 Å². The van der Waals surface area contributed by atoms with Crippen molar-refractivity contribution in [3.05, 3.63) is 35.4 Å². The van der Waals surface area contributed by atoms with Crippen molar-refractivity contribution < 1.29 is 17.2 Å². The van der Waals surface area contributed by atoms with Gasteiger partial charge in [0.15, 0.2) is 27.4 Å². The van der Waals surface area contributed by atoms with E-state index in [1.54, 1.807) is 13.1 Å². The highest BCUT2D eigenvalue weighted by Gasteiger charge is 2.28. The molecule has 1 fully saturated rings. The SMILES string of the molecule is CN=C(NCC(C)c1ccc(F)c(F)c1)NC1CCS(=O)(=O)C1. The lowest BCUT2D eigenvalue weighted by molar-refractivity contribution is 0.505. The van der Waals surface area contributed by atoms with Gasteiger partial charge in [-0.15, -0.1) is 0 Å². The molecule has 5 nitrogen and oxygen atoms in total. The third-order valence-corrected chi connectivity index (χ3v) is 5.65. The van der Waals surface area contributed by atoms with E-state index in [0.29, 0.717) is 24.5 Å². The Morgan fingerprint density at radius 2 is 2.13 bits per heavy atom. The fourth-order valence-electron chi connectivity index (χ4n) is 2.48. The first-order valence-corrected chi connectivity index (χ1v) is 9.25. The van der Waals surface area contributed by atoms with Crippen LogP contribution in [0.5, 0.6) is 0 Å². The summed E-state index contributed by atoms with van der Waals surface area (Å²) in [6.45, 7) is 2.34. The predicted octanol–water partition coefficient (Wildman–Crippen LogP) is 1.42. The first-order chi connectivity index (χ1) is 10.8. The third kappa shape index (κ3) is 4.89. The molecule has 1 aliphatic heterocycles. The molecule has 128 valence electrons. The molecule has 2 atom stereocenters. The summed E-state index contributed by atoms with van der Waals surface area (Å²) in [6.07, 6.45) is 0.557. The maximum absolute atomic E-state index is 13.3. The lowest BCUT2D eigenvalue weighted by atomic mass is 10.0. The maximum atomic E-state index is 13.3. The Bertz CT molecular complexity index is 692. The van der Waals surface area contributed by atoms with Crippen LogP contribution < -0.4 is 10.6 Å². The van der Waals surface area contributed by atoms with Gasteiger partial charge in [-0.05, 0) is 30.0 Å². The Kier molecular flexibility index (Phi) is 5.56. The number of nitrogens with one attached hydrogen (secondary N) is 2. The molecule has 0 amide bonds. The van der Waals surface area contributed by atoms with E-state index in [4.69, 9.17) is 0 Å². The van der Waals surface area contributed by atoms with Crippen molar-refractivity contribution in [2.24, 2.45) is 4.99 Å². The zero-order valence-electron chi connectivity index (χ0n) is 13.1. The van der Waals surface area contributed by atoms with E-state index < -0.39 is 21.5 Å². The first-order valence-electron chi connectivity index (χ1n) is 7.43. The minimum absolute atomic E-state index is 0.0593. The van der Waals surface area contributed by atoms with Crippen molar-refractivity contribution in [2.75, 3.05) is 25.1 Å². The zero-order chi connectivity index (χ0) is 17.0. The van der Waals surface area contributed by atoms with Crippen molar-refractivity contribution in [1.29, 1.82) is 0 Å². The van der Waals surface area contributed by atoms with E-state index in [9.17, 15) is 17.2 Å². The second kappa shape index (κ2) is 7.25. The Morgan fingerprint density at radius 1 is 1.39 bits per heavy atom. The van der Waals surface area contributed by atoms with Crippen LogP contribution in [0.4, 0.5) is 8.78 Å². The van der Waals surface area contributed by atoms with Gasteiger partial charge < -0.3 is 10.6 Å². The molecule has 1 saturated heterocycles. The van der Waals surface area contributed by atoms with Gasteiger partial charge >= 0.3 is 0 Å². The predicted molar refractivity (Wildman–Crippen MR) is 86.3 cm³/mol. The quantitative estimate of drug-likeness (QED) is 0.640. The normalized spacial score (nSPS) is 21.9. The van der Waals surface area contributed by atoms with Gasteiger partial charge in [0.2, 0.25) is 0 Å². The molecule has 2 N–H and O–H groups in total. The first kappa shape index (κ1) is 17.7. The molecular weight excluding hydrogens is 324 g/mol. The Morgan fingerprint density at radius 3 is 2.70 bits per heavy atom. The van der Waals surface area contributed by atoms with Crippen LogP contribution in [-0.4, -0.2) is 45.5 Å². The Hall–Kier alpha value is -1.70. The lowest BCUT2D eigenvalue weighted by Gasteiger charge is -2.19. The highest BCUT2D eigenvalue weighted by molar-refractivity contribution is 7.91. The average molecular weight is 345 g/mol.